The van der Waals surface area contributed by atoms with Gasteiger partial charge in [-0.1, -0.05) is 18.2 Å². The monoisotopic (exact) mass is 382 g/mol. The molecule has 3 aromatic rings. The van der Waals surface area contributed by atoms with Gasteiger partial charge in [0, 0.05) is 31.1 Å². The largest absolute Gasteiger partial charge is 0.371 e. The van der Waals surface area contributed by atoms with Crippen molar-refractivity contribution in [3.63, 3.8) is 0 Å². The second-order valence-corrected chi connectivity index (χ2v) is 7.38. The van der Waals surface area contributed by atoms with Crippen LogP contribution < -0.4 is 5.32 Å². The van der Waals surface area contributed by atoms with Crippen molar-refractivity contribution in [2.45, 2.75) is 25.9 Å². The van der Waals surface area contributed by atoms with Crippen LogP contribution >= 0.6 is 11.3 Å². The van der Waals surface area contributed by atoms with Crippen LogP contribution in [0.4, 0.5) is 0 Å². The van der Waals surface area contributed by atoms with Crippen molar-refractivity contribution in [2.24, 2.45) is 5.92 Å². The minimum Gasteiger partial charge on any atom is -0.371 e. The molecule has 2 aromatic heterocycles. The molecule has 2 atom stereocenters. The van der Waals surface area contributed by atoms with E-state index in [9.17, 15) is 4.79 Å². The first-order chi connectivity index (χ1) is 13.2. The first kappa shape index (κ1) is 17.9. The van der Waals surface area contributed by atoms with E-state index >= 15 is 0 Å². The van der Waals surface area contributed by atoms with Gasteiger partial charge in [-0.2, -0.15) is 5.10 Å². The molecule has 0 radical (unpaired) electrons. The molecule has 4 rings (SSSR count). The van der Waals surface area contributed by atoms with Crippen LogP contribution in [-0.4, -0.2) is 33.8 Å². The number of hydrogen-bond donors (Lipinski definition) is 1. The molecule has 1 aliphatic heterocycles. The van der Waals surface area contributed by atoms with Gasteiger partial charge < -0.3 is 10.1 Å². The Morgan fingerprint density at radius 1 is 1.37 bits per heavy atom. The maximum absolute atomic E-state index is 12.8. The fourth-order valence-corrected chi connectivity index (χ4v) is 4.08. The predicted molar refractivity (Wildman–Crippen MR) is 104 cm³/mol. The minimum atomic E-state index is -0.286. The smallest absolute Gasteiger partial charge is 0.226 e. The number of para-hydroxylation sites is 1. The number of amides is 1. The van der Waals surface area contributed by atoms with Gasteiger partial charge in [-0.15, -0.1) is 11.3 Å². The normalized spacial score (nSPS) is 19.3. The highest BCUT2D eigenvalue weighted by Gasteiger charge is 2.37. The zero-order valence-corrected chi connectivity index (χ0v) is 16.0. The summed E-state index contributed by atoms with van der Waals surface area (Å²) in [6.07, 6.45) is 2.94. The third-order valence-corrected chi connectivity index (χ3v) is 5.53. The average molecular weight is 382 g/mol. The summed E-state index contributed by atoms with van der Waals surface area (Å²) in [6.45, 7) is 3.22. The number of benzene rings is 1. The Hall–Kier alpha value is -2.51. The van der Waals surface area contributed by atoms with Gasteiger partial charge in [-0.25, -0.2) is 9.67 Å². The summed E-state index contributed by atoms with van der Waals surface area (Å²) in [5, 5.41) is 9.53. The standard InChI is InChI=1S/C20H22N4O2S/c1-14-4-2-3-5-17(14)24-18(7-10-23-24)19-16(8-11-26-19)20(25)21-9-6-15-12-27-13-22-15/h2-5,7,10,12-13,16,19H,6,8-9,11H2,1H3,(H,21,25)/t16-,19-/m0/s1. The molecule has 1 aliphatic rings. The Balaban J connectivity index is 1.48. The van der Waals surface area contributed by atoms with Crippen molar-refractivity contribution >= 4 is 17.2 Å². The first-order valence-corrected chi connectivity index (χ1v) is 10.0. The molecular weight excluding hydrogens is 360 g/mol. The van der Waals surface area contributed by atoms with Crippen molar-refractivity contribution in [2.75, 3.05) is 13.2 Å². The Labute approximate surface area is 162 Å². The van der Waals surface area contributed by atoms with Crippen LogP contribution in [-0.2, 0) is 16.0 Å². The van der Waals surface area contributed by atoms with E-state index in [4.69, 9.17) is 4.74 Å². The fraction of sp³-hybridized carbons (Fsp3) is 0.350. The van der Waals surface area contributed by atoms with Gasteiger partial charge in [0.2, 0.25) is 5.91 Å². The average Bonchev–Trinajstić information content (AvgIpc) is 3.42. The lowest BCUT2D eigenvalue weighted by Crippen LogP contribution is -2.34. The number of rotatable bonds is 6. The van der Waals surface area contributed by atoms with Gasteiger partial charge >= 0.3 is 0 Å². The van der Waals surface area contributed by atoms with Gasteiger partial charge in [-0.3, -0.25) is 4.79 Å². The molecule has 1 amide bonds. The lowest BCUT2D eigenvalue weighted by atomic mass is 9.97. The molecule has 0 aliphatic carbocycles. The third-order valence-electron chi connectivity index (χ3n) is 4.90. The van der Waals surface area contributed by atoms with E-state index < -0.39 is 0 Å². The summed E-state index contributed by atoms with van der Waals surface area (Å²) in [5.74, 6) is -0.176. The van der Waals surface area contributed by atoms with Gasteiger partial charge in [-0.05, 0) is 31.0 Å². The van der Waals surface area contributed by atoms with Gasteiger partial charge in [0.25, 0.3) is 0 Å². The summed E-state index contributed by atoms with van der Waals surface area (Å²) in [4.78, 5) is 17.0. The van der Waals surface area contributed by atoms with Crippen molar-refractivity contribution < 1.29 is 9.53 Å². The molecule has 0 spiro atoms. The topological polar surface area (TPSA) is 69.0 Å². The number of carbonyl (C=O) groups excluding carboxylic acids is 1. The van der Waals surface area contributed by atoms with E-state index in [1.54, 1.807) is 17.5 Å². The van der Waals surface area contributed by atoms with Crippen LogP contribution in [0.15, 0.2) is 47.4 Å². The van der Waals surface area contributed by atoms with Gasteiger partial charge in [0.1, 0.15) is 6.10 Å². The highest BCUT2D eigenvalue weighted by atomic mass is 32.1. The number of ether oxygens (including phenoxy) is 1. The number of carbonyl (C=O) groups is 1. The lowest BCUT2D eigenvalue weighted by Gasteiger charge is -2.20. The second-order valence-electron chi connectivity index (χ2n) is 6.66. The van der Waals surface area contributed by atoms with E-state index in [-0.39, 0.29) is 17.9 Å². The number of aryl methyl sites for hydroxylation is 1. The molecule has 0 saturated carbocycles. The molecule has 1 saturated heterocycles. The van der Waals surface area contributed by atoms with Crippen molar-refractivity contribution in [3.05, 3.63) is 64.4 Å². The van der Waals surface area contributed by atoms with Crippen molar-refractivity contribution in [1.82, 2.24) is 20.1 Å². The molecule has 0 bridgehead atoms. The molecule has 140 valence electrons. The second kappa shape index (κ2) is 8.02. The SMILES string of the molecule is Cc1ccccc1-n1nccc1[C@H]1OCC[C@@H]1C(=O)NCCc1cscn1. The Kier molecular flexibility index (Phi) is 5.31. The molecule has 27 heavy (non-hydrogen) atoms. The summed E-state index contributed by atoms with van der Waals surface area (Å²) in [7, 11) is 0. The highest BCUT2D eigenvalue weighted by molar-refractivity contribution is 7.07. The van der Waals surface area contributed by atoms with E-state index in [1.165, 1.54) is 0 Å². The number of hydrogen-bond acceptors (Lipinski definition) is 5. The maximum atomic E-state index is 12.8. The zero-order chi connectivity index (χ0) is 18.6. The molecule has 1 fully saturated rings. The lowest BCUT2D eigenvalue weighted by molar-refractivity contribution is -0.126. The summed E-state index contributed by atoms with van der Waals surface area (Å²) >= 11 is 1.57. The quantitative estimate of drug-likeness (QED) is 0.711. The molecule has 6 nitrogen and oxygen atoms in total. The van der Waals surface area contributed by atoms with Crippen LogP contribution in [0.5, 0.6) is 0 Å². The van der Waals surface area contributed by atoms with Crippen LogP contribution in [0.3, 0.4) is 0 Å². The Bertz CT molecular complexity index is 906. The van der Waals surface area contributed by atoms with Crippen molar-refractivity contribution in [1.29, 1.82) is 0 Å². The van der Waals surface area contributed by atoms with Gasteiger partial charge in [0.15, 0.2) is 0 Å². The molecule has 3 heterocycles. The zero-order valence-electron chi connectivity index (χ0n) is 15.2. The number of thiazole rings is 1. The summed E-state index contributed by atoms with van der Waals surface area (Å²) in [6, 6.07) is 10.0. The van der Waals surface area contributed by atoms with Crippen LogP contribution in [0, 0.1) is 12.8 Å². The highest BCUT2D eigenvalue weighted by Crippen LogP contribution is 2.35. The van der Waals surface area contributed by atoms with Crippen LogP contribution in [0.1, 0.15) is 29.5 Å². The molecule has 1 aromatic carbocycles. The summed E-state index contributed by atoms with van der Waals surface area (Å²) < 4.78 is 7.84. The van der Waals surface area contributed by atoms with Gasteiger partial charge in [0.05, 0.1) is 28.5 Å². The van der Waals surface area contributed by atoms with Crippen LogP contribution in [0.25, 0.3) is 5.69 Å². The predicted octanol–water partition coefficient (Wildman–Crippen LogP) is 3.07. The Morgan fingerprint density at radius 3 is 3.07 bits per heavy atom. The van der Waals surface area contributed by atoms with E-state index in [1.807, 2.05) is 39.8 Å². The third kappa shape index (κ3) is 3.79. The molecule has 7 heteroatoms. The molecular formula is C20H22N4O2S. The number of nitrogens with one attached hydrogen (secondary N) is 1. The van der Waals surface area contributed by atoms with E-state index in [0.29, 0.717) is 19.6 Å². The minimum absolute atomic E-state index is 0.0327. The fourth-order valence-electron chi connectivity index (χ4n) is 3.49. The van der Waals surface area contributed by atoms with E-state index in [0.717, 1.165) is 29.1 Å². The first-order valence-electron chi connectivity index (χ1n) is 9.10. The Morgan fingerprint density at radius 2 is 2.26 bits per heavy atom. The maximum Gasteiger partial charge on any atom is 0.226 e. The van der Waals surface area contributed by atoms with Crippen LogP contribution in [0.2, 0.25) is 0 Å². The van der Waals surface area contributed by atoms with Crippen molar-refractivity contribution in [3.8, 4) is 5.69 Å². The number of nitrogens with zero attached hydrogens (tertiary/aromatic N) is 3. The van der Waals surface area contributed by atoms with E-state index in [2.05, 4.69) is 28.4 Å². The molecule has 1 N–H and O–H groups in total. The molecule has 0 unspecified atom stereocenters. The number of aromatic nitrogens is 3. The summed E-state index contributed by atoms with van der Waals surface area (Å²) in [5.41, 5.74) is 5.88.